The molecular weight excluding hydrogens is 538 g/mol. The summed E-state index contributed by atoms with van der Waals surface area (Å²) in [5, 5.41) is 17.8. The van der Waals surface area contributed by atoms with E-state index in [9.17, 15) is 24.3 Å². The number of carboxylic acid groups (broad SMARTS) is 1. The molecule has 3 amide bonds. The third-order valence-electron chi connectivity index (χ3n) is 4.52. The van der Waals surface area contributed by atoms with Gasteiger partial charge in [0.1, 0.15) is 29.3 Å². The number of nitrogen functional groups attached to an aromatic ring is 1. The molecule has 1 aromatic heterocycles. The van der Waals surface area contributed by atoms with Gasteiger partial charge in [0.05, 0.1) is 5.03 Å². The Morgan fingerprint density at radius 1 is 1.36 bits per heavy atom. The molecule has 1 fully saturated rings. The number of rotatable bonds is 9. The molecule has 17 heteroatoms. The molecule has 1 aromatic rings. The molecule has 0 radical (unpaired) electrons. The van der Waals surface area contributed by atoms with Crippen LogP contribution in [0.5, 0.6) is 0 Å². The van der Waals surface area contributed by atoms with Gasteiger partial charge >= 0.3 is 12.1 Å². The lowest BCUT2D eigenvalue weighted by Crippen LogP contribution is -2.71. The summed E-state index contributed by atoms with van der Waals surface area (Å²) < 4.78 is 9.09. The van der Waals surface area contributed by atoms with Crippen LogP contribution in [0.2, 0.25) is 0 Å². The van der Waals surface area contributed by atoms with Crippen molar-refractivity contribution in [2.75, 3.05) is 24.6 Å². The number of anilines is 1. The summed E-state index contributed by atoms with van der Waals surface area (Å²) in [7, 11) is 0. The van der Waals surface area contributed by atoms with Crippen molar-refractivity contribution in [1.29, 1.82) is 0 Å². The van der Waals surface area contributed by atoms with Gasteiger partial charge in [-0.1, -0.05) is 16.8 Å². The summed E-state index contributed by atoms with van der Waals surface area (Å²) >= 11 is 8.02. The number of fused-ring (bicyclic) bond motifs is 1. The van der Waals surface area contributed by atoms with E-state index in [4.69, 9.17) is 26.9 Å². The van der Waals surface area contributed by atoms with E-state index in [1.165, 1.54) is 11.8 Å². The molecule has 0 bridgehead atoms. The van der Waals surface area contributed by atoms with Crippen LogP contribution < -0.4 is 16.4 Å². The normalized spacial score (nSPS) is 19.8. The first kappa shape index (κ1) is 27.5. The molecule has 3 heterocycles. The van der Waals surface area contributed by atoms with Crippen molar-refractivity contribution in [1.82, 2.24) is 24.9 Å². The second-order valence-corrected chi connectivity index (χ2v) is 10.8. The van der Waals surface area contributed by atoms with E-state index in [1.54, 1.807) is 20.8 Å². The van der Waals surface area contributed by atoms with E-state index in [0.29, 0.717) is 6.42 Å². The maximum Gasteiger partial charge on any atom is 0.407 e. The zero-order chi connectivity index (χ0) is 26.6. The van der Waals surface area contributed by atoms with Crippen LogP contribution in [0.3, 0.4) is 0 Å². The summed E-state index contributed by atoms with van der Waals surface area (Å²) in [5.41, 5.74) is 4.37. The highest BCUT2D eigenvalue weighted by Crippen LogP contribution is 2.41. The Bertz CT molecular complexity index is 1120. The van der Waals surface area contributed by atoms with Gasteiger partial charge in [0.15, 0.2) is 5.13 Å². The van der Waals surface area contributed by atoms with Gasteiger partial charge in [0.25, 0.3) is 11.8 Å². The van der Waals surface area contributed by atoms with Crippen LogP contribution in [-0.4, -0.2) is 84.9 Å². The third-order valence-corrected chi connectivity index (χ3v) is 6.81. The third kappa shape index (κ3) is 6.55. The number of amides is 3. The smallest absolute Gasteiger partial charge is 0.407 e. The number of carbonyl (C=O) groups excluding carboxylic acids is 3. The minimum Gasteiger partial charge on any atom is -0.477 e. The fourth-order valence-corrected chi connectivity index (χ4v) is 5.04. The Hall–Kier alpha value is -3.11. The first-order chi connectivity index (χ1) is 16.9. The molecule has 14 nitrogen and oxygen atoms in total. The molecule has 2 atom stereocenters. The van der Waals surface area contributed by atoms with Gasteiger partial charge in [0, 0.05) is 30.3 Å². The number of carbonyl (C=O) groups is 4. The Morgan fingerprint density at radius 3 is 2.69 bits per heavy atom. The zero-order valence-corrected chi connectivity index (χ0v) is 21.8. The minimum atomic E-state index is -1.33. The lowest BCUT2D eigenvalue weighted by Gasteiger charge is -2.48. The topological polar surface area (TPSA) is 198 Å². The summed E-state index contributed by atoms with van der Waals surface area (Å²) in [4.78, 5) is 58.9. The van der Waals surface area contributed by atoms with E-state index in [2.05, 4.69) is 25.1 Å². The number of nitrogens with one attached hydrogen (secondary N) is 2. The Kier molecular flexibility index (Phi) is 8.63. The number of nitrogens with zero attached hydrogens (tertiary/aromatic N) is 4. The zero-order valence-electron chi connectivity index (χ0n) is 19.4. The van der Waals surface area contributed by atoms with Crippen molar-refractivity contribution >= 4 is 69.6 Å². The number of carboxylic acids is 1. The fourth-order valence-electron chi connectivity index (χ4n) is 3.06. The molecule has 5 N–H and O–H groups in total. The molecular formula is C19H24ClN7O7S2. The molecule has 196 valence electrons. The average molecular weight is 562 g/mol. The van der Waals surface area contributed by atoms with Gasteiger partial charge in [-0.3, -0.25) is 14.5 Å². The van der Waals surface area contributed by atoms with E-state index >= 15 is 0 Å². The van der Waals surface area contributed by atoms with Gasteiger partial charge in [-0.15, -0.1) is 11.8 Å². The molecule has 0 spiro atoms. The fraction of sp³-hybridized carbons (Fsp3) is 0.526. The lowest BCUT2D eigenvalue weighted by molar-refractivity contribution is -0.150. The first-order valence-electron chi connectivity index (χ1n) is 10.5. The number of aromatic nitrogens is 2. The van der Waals surface area contributed by atoms with Gasteiger partial charge in [-0.2, -0.15) is 9.36 Å². The number of hydrogen-bond acceptors (Lipinski definition) is 12. The van der Waals surface area contributed by atoms with Crippen LogP contribution in [-0.2, 0) is 24.0 Å². The summed E-state index contributed by atoms with van der Waals surface area (Å²) in [5.74, 6) is -2.69. The van der Waals surface area contributed by atoms with Crippen LogP contribution in [0.15, 0.2) is 15.9 Å². The van der Waals surface area contributed by atoms with Crippen molar-refractivity contribution in [2.24, 2.45) is 5.16 Å². The molecule has 0 aromatic carbocycles. The molecule has 0 saturated carbocycles. The molecule has 1 saturated heterocycles. The quantitative estimate of drug-likeness (QED) is 0.143. The van der Waals surface area contributed by atoms with Crippen LogP contribution >= 0.6 is 34.9 Å². The monoisotopic (exact) mass is 561 g/mol. The molecule has 36 heavy (non-hydrogen) atoms. The predicted molar refractivity (Wildman–Crippen MR) is 131 cm³/mol. The van der Waals surface area contributed by atoms with E-state index in [0.717, 1.165) is 16.4 Å². The van der Waals surface area contributed by atoms with E-state index < -0.39 is 40.9 Å². The predicted octanol–water partition coefficient (Wildman–Crippen LogP) is 0.691. The van der Waals surface area contributed by atoms with Crippen molar-refractivity contribution in [3.63, 3.8) is 0 Å². The van der Waals surface area contributed by atoms with Crippen molar-refractivity contribution in [3.05, 3.63) is 16.6 Å². The second-order valence-electron chi connectivity index (χ2n) is 8.43. The number of aliphatic carboxylic acids is 1. The Labute approximate surface area is 218 Å². The molecule has 2 aliphatic rings. The van der Waals surface area contributed by atoms with Crippen LogP contribution in [0.1, 0.15) is 33.0 Å². The van der Waals surface area contributed by atoms with E-state index in [1.807, 2.05) is 0 Å². The number of thioether (sulfide) groups is 1. The van der Waals surface area contributed by atoms with Crippen molar-refractivity contribution < 1.29 is 33.9 Å². The molecule has 1 unspecified atom stereocenters. The summed E-state index contributed by atoms with van der Waals surface area (Å²) in [6, 6.07) is -1.01. The number of β-lactam (4-membered cyclic amide) rings is 1. The molecule has 3 rings (SSSR count). The lowest BCUT2D eigenvalue weighted by atomic mass is 10.0. The number of oxime groups is 1. The number of ether oxygens (including phenoxy) is 1. The first-order valence-corrected chi connectivity index (χ1v) is 12.7. The SMILES string of the molecule is CC(C)(C)OC(=O)NCCCO/N=C(/C(=O)NC1C(=O)N2C(C(=O)O)=C(Cl)CS[C@H]12)c1nsc(N)n1. The van der Waals surface area contributed by atoms with Crippen molar-refractivity contribution in [3.8, 4) is 0 Å². The molecule has 2 aliphatic heterocycles. The number of halogens is 1. The van der Waals surface area contributed by atoms with Crippen molar-refractivity contribution in [2.45, 2.75) is 44.2 Å². The van der Waals surface area contributed by atoms with Crippen LogP contribution in [0.4, 0.5) is 9.93 Å². The second kappa shape index (κ2) is 11.3. The van der Waals surface area contributed by atoms with Gasteiger partial charge < -0.3 is 31.0 Å². The Balaban J connectivity index is 1.60. The van der Waals surface area contributed by atoms with Gasteiger partial charge in [0.2, 0.25) is 11.5 Å². The highest BCUT2D eigenvalue weighted by Gasteiger charge is 2.54. The van der Waals surface area contributed by atoms with Gasteiger partial charge in [-0.25, -0.2) is 9.59 Å². The van der Waals surface area contributed by atoms with Crippen LogP contribution in [0, 0.1) is 0 Å². The van der Waals surface area contributed by atoms with Gasteiger partial charge in [-0.05, 0) is 20.8 Å². The average Bonchev–Trinajstić information content (AvgIpc) is 3.20. The maximum atomic E-state index is 13.0. The highest BCUT2D eigenvalue weighted by atomic mass is 35.5. The summed E-state index contributed by atoms with van der Waals surface area (Å²) in [6.07, 6.45) is -0.223. The number of nitrogens with two attached hydrogens (primary N) is 1. The van der Waals surface area contributed by atoms with Crippen LogP contribution in [0.25, 0.3) is 0 Å². The summed E-state index contributed by atoms with van der Waals surface area (Å²) in [6.45, 7) is 5.51. The highest BCUT2D eigenvalue weighted by molar-refractivity contribution is 8.00. The molecule has 0 aliphatic carbocycles. The maximum absolute atomic E-state index is 13.0. The van der Waals surface area contributed by atoms with E-state index in [-0.39, 0.29) is 46.3 Å². The number of alkyl carbamates (subject to hydrolysis) is 1. The number of hydrogen-bond donors (Lipinski definition) is 4. The Morgan fingerprint density at radius 2 is 2.08 bits per heavy atom. The largest absolute Gasteiger partial charge is 0.477 e. The standard InChI is InChI=1S/C19H24ClN7O7S2/c1-19(2,3)34-18(32)22-5-4-6-33-25-9(12-24-17(21)36-26-12)13(28)23-10-14(29)27-11(16(30)31)8(20)7-35-15(10)27/h10,15H,4-7H2,1-3H3,(H,22,32)(H,23,28)(H,30,31)(H2,21,24,26)/b25-9+/t10?,15-/m1/s1. The minimum absolute atomic E-state index is 0.0338.